The summed E-state index contributed by atoms with van der Waals surface area (Å²) in [4.78, 5) is 19.1. The van der Waals surface area contributed by atoms with Crippen molar-refractivity contribution in [3.63, 3.8) is 0 Å². The molecule has 1 aromatic heterocycles. The van der Waals surface area contributed by atoms with Crippen LogP contribution in [0.2, 0.25) is 0 Å². The third-order valence-electron chi connectivity index (χ3n) is 5.75. The zero-order valence-corrected chi connectivity index (χ0v) is 15.8. The highest BCUT2D eigenvalue weighted by Gasteiger charge is 2.27. The summed E-state index contributed by atoms with van der Waals surface area (Å²) in [5.74, 6) is 1.83. The van der Waals surface area contributed by atoms with Gasteiger partial charge in [0.05, 0.1) is 6.54 Å². The number of amides is 1. The fraction of sp³-hybridized carbons (Fsp3) is 0.571. The highest BCUT2D eigenvalue weighted by molar-refractivity contribution is 5.78. The van der Waals surface area contributed by atoms with Gasteiger partial charge in [-0.25, -0.2) is 0 Å². The van der Waals surface area contributed by atoms with Gasteiger partial charge in [0.2, 0.25) is 17.6 Å². The van der Waals surface area contributed by atoms with Crippen molar-refractivity contribution in [2.75, 3.05) is 19.6 Å². The first kappa shape index (κ1) is 18.2. The molecule has 1 aliphatic carbocycles. The Morgan fingerprint density at radius 3 is 2.56 bits per heavy atom. The van der Waals surface area contributed by atoms with Crippen molar-refractivity contribution in [1.29, 1.82) is 0 Å². The molecule has 144 valence electrons. The predicted molar refractivity (Wildman–Crippen MR) is 103 cm³/mol. The first-order valence-electron chi connectivity index (χ1n) is 10.2. The van der Waals surface area contributed by atoms with E-state index in [0.29, 0.717) is 18.4 Å². The second-order valence-corrected chi connectivity index (χ2v) is 7.78. The van der Waals surface area contributed by atoms with Gasteiger partial charge in [-0.05, 0) is 38.8 Å². The molecule has 1 amide bonds. The Morgan fingerprint density at radius 1 is 1.07 bits per heavy atom. The summed E-state index contributed by atoms with van der Waals surface area (Å²) in [6.07, 6.45) is 7.96. The van der Waals surface area contributed by atoms with E-state index in [2.05, 4.69) is 20.4 Å². The Bertz CT molecular complexity index is 732. The molecule has 0 radical (unpaired) electrons. The van der Waals surface area contributed by atoms with Crippen LogP contribution in [0.5, 0.6) is 0 Å². The monoisotopic (exact) mass is 368 g/mol. The number of aromatic nitrogens is 2. The number of carbonyl (C=O) groups excluding carboxylic acids is 1. The normalized spacial score (nSPS) is 19.9. The third-order valence-corrected chi connectivity index (χ3v) is 5.75. The number of carbonyl (C=O) groups is 1. The van der Waals surface area contributed by atoms with Gasteiger partial charge in [0.15, 0.2) is 0 Å². The summed E-state index contributed by atoms with van der Waals surface area (Å²) in [5, 5.41) is 7.34. The molecular weight excluding hydrogens is 340 g/mol. The van der Waals surface area contributed by atoms with Crippen molar-refractivity contribution >= 4 is 5.91 Å². The van der Waals surface area contributed by atoms with Gasteiger partial charge in [-0.15, -0.1) is 0 Å². The van der Waals surface area contributed by atoms with E-state index in [9.17, 15) is 4.79 Å². The van der Waals surface area contributed by atoms with Crippen LogP contribution in [0.4, 0.5) is 0 Å². The predicted octanol–water partition coefficient (Wildman–Crippen LogP) is 3.36. The van der Waals surface area contributed by atoms with E-state index < -0.39 is 0 Å². The lowest BCUT2D eigenvalue weighted by Crippen LogP contribution is -2.44. The quantitative estimate of drug-likeness (QED) is 0.876. The van der Waals surface area contributed by atoms with Gasteiger partial charge in [-0.1, -0.05) is 54.8 Å². The molecule has 2 aliphatic rings. The summed E-state index contributed by atoms with van der Waals surface area (Å²) >= 11 is 0. The van der Waals surface area contributed by atoms with Gasteiger partial charge >= 0.3 is 0 Å². The molecule has 27 heavy (non-hydrogen) atoms. The second kappa shape index (κ2) is 8.65. The summed E-state index contributed by atoms with van der Waals surface area (Å²) in [5.41, 5.74) is 0.976. The maximum Gasteiger partial charge on any atom is 0.234 e. The minimum Gasteiger partial charge on any atom is -0.352 e. The van der Waals surface area contributed by atoms with Crippen LogP contribution in [0.15, 0.2) is 34.9 Å². The van der Waals surface area contributed by atoms with Gasteiger partial charge in [-0.3, -0.25) is 9.69 Å². The number of nitrogens with one attached hydrogen (secondary N) is 1. The van der Waals surface area contributed by atoms with Gasteiger partial charge in [-0.2, -0.15) is 4.98 Å². The summed E-state index contributed by atoms with van der Waals surface area (Å²) < 4.78 is 5.52. The van der Waals surface area contributed by atoms with Crippen molar-refractivity contribution in [2.45, 2.75) is 56.9 Å². The van der Waals surface area contributed by atoms with E-state index in [4.69, 9.17) is 4.52 Å². The fourth-order valence-electron chi connectivity index (χ4n) is 4.17. The second-order valence-electron chi connectivity index (χ2n) is 7.78. The van der Waals surface area contributed by atoms with E-state index >= 15 is 0 Å². The Morgan fingerprint density at radius 2 is 1.81 bits per heavy atom. The maximum absolute atomic E-state index is 12.3. The molecule has 1 N–H and O–H groups in total. The highest BCUT2D eigenvalue weighted by Crippen LogP contribution is 2.28. The Kier molecular flexibility index (Phi) is 5.82. The Hall–Kier alpha value is -2.21. The van der Waals surface area contributed by atoms with Crippen molar-refractivity contribution < 1.29 is 9.32 Å². The SMILES string of the molecule is O=C(CN1CCC(c2nc(-c3ccccc3)no2)CC1)NC1CCCCC1. The van der Waals surface area contributed by atoms with E-state index in [1.165, 1.54) is 19.3 Å². The molecular formula is C21H28N4O2. The third kappa shape index (κ3) is 4.75. The number of benzene rings is 1. The standard InChI is InChI=1S/C21H28N4O2/c26-19(22-18-9-5-2-6-10-18)15-25-13-11-17(12-14-25)21-23-20(24-27-21)16-7-3-1-4-8-16/h1,3-4,7-8,17-18H,2,5-6,9-15H2,(H,22,26). The molecule has 6 heteroatoms. The van der Waals surface area contributed by atoms with Crippen molar-refractivity contribution in [1.82, 2.24) is 20.4 Å². The molecule has 1 saturated heterocycles. The Labute approximate surface area is 160 Å². The first-order valence-corrected chi connectivity index (χ1v) is 10.2. The molecule has 4 rings (SSSR count). The number of likely N-dealkylation sites (tertiary alicyclic amines) is 1. The molecule has 0 unspecified atom stereocenters. The number of rotatable bonds is 5. The number of piperidine rings is 1. The average molecular weight is 368 g/mol. The Balaban J connectivity index is 1.25. The van der Waals surface area contributed by atoms with Crippen LogP contribution in [0.25, 0.3) is 11.4 Å². The number of hydrogen-bond donors (Lipinski definition) is 1. The van der Waals surface area contributed by atoms with Gasteiger partial charge < -0.3 is 9.84 Å². The van der Waals surface area contributed by atoms with Gasteiger partial charge in [0.1, 0.15) is 0 Å². The van der Waals surface area contributed by atoms with E-state index in [1.54, 1.807) is 0 Å². The summed E-state index contributed by atoms with van der Waals surface area (Å²) in [6, 6.07) is 10.3. The molecule has 1 aliphatic heterocycles. The smallest absolute Gasteiger partial charge is 0.234 e. The van der Waals surface area contributed by atoms with E-state index in [1.807, 2.05) is 30.3 Å². The molecule has 2 heterocycles. The molecule has 0 spiro atoms. The van der Waals surface area contributed by atoms with Crippen LogP contribution in [0.1, 0.15) is 56.8 Å². The van der Waals surface area contributed by atoms with Crippen molar-refractivity contribution in [2.24, 2.45) is 0 Å². The van der Waals surface area contributed by atoms with E-state index in [0.717, 1.165) is 50.2 Å². The lowest BCUT2D eigenvalue weighted by atomic mass is 9.95. The van der Waals surface area contributed by atoms with Crippen molar-refractivity contribution in [3.05, 3.63) is 36.2 Å². The topological polar surface area (TPSA) is 71.3 Å². The van der Waals surface area contributed by atoms with Crippen LogP contribution < -0.4 is 5.32 Å². The lowest BCUT2D eigenvalue weighted by molar-refractivity contribution is -0.123. The molecule has 2 fully saturated rings. The fourth-order valence-corrected chi connectivity index (χ4v) is 4.17. The zero-order valence-electron chi connectivity index (χ0n) is 15.8. The molecule has 1 saturated carbocycles. The highest BCUT2D eigenvalue weighted by atomic mass is 16.5. The van der Waals surface area contributed by atoms with E-state index in [-0.39, 0.29) is 11.8 Å². The molecule has 0 atom stereocenters. The molecule has 6 nitrogen and oxygen atoms in total. The minimum absolute atomic E-state index is 0.171. The average Bonchev–Trinajstić information content (AvgIpc) is 3.20. The first-order chi connectivity index (χ1) is 13.3. The van der Waals surface area contributed by atoms with Crippen LogP contribution in [-0.2, 0) is 4.79 Å². The van der Waals surface area contributed by atoms with Crippen molar-refractivity contribution in [3.8, 4) is 11.4 Å². The lowest BCUT2D eigenvalue weighted by Gasteiger charge is -2.30. The zero-order chi connectivity index (χ0) is 18.5. The van der Waals surface area contributed by atoms with Crippen LogP contribution >= 0.6 is 0 Å². The minimum atomic E-state index is 0.171. The number of nitrogens with zero attached hydrogens (tertiary/aromatic N) is 3. The van der Waals surface area contributed by atoms with Crippen LogP contribution in [0, 0.1) is 0 Å². The van der Waals surface area contributed by atoms with Gasteiger partial charge in [0, 0.05) is 17.5 Å². The molecule has 0 bridgehead atoms. The largest absolute Gasteiger partial charge is 0.352 e. The summed E-state index contributed by atoms with van der Waals surface area (Å²) in [7, 11) is 0. The summed E-state index contributed by atoms with van der Waals surface area (Å²) in [6.45, 7) is 2.29. The molecule has 1 aromatic carbocycles. The van der Waals surface area contributed by atoms with Gasteiger partial charge in [0.25, 0.3) is 0 Å². The van der Waals surface area contributed by atoms with Crippen LogP contribution in [0.3, 0.4) is 0 Å². The maximum atomic E-state index is 12.3. The number of hydrogen-bond acceptors (Lipinski definition) is 5. The molecule has 2 aromatic rings. The van der Waals surface area contributed by atoms with Crippen LogP contribution in [-0.4, -0.2) is 46.6 Å².